The number of nitriles is 2. The number of nitrogens with one attached hydrogen (secondary N) is 1. The maximum Gasteiger partial charge on any atom is 0.287 e. The van der Waals surface area contributed by atoms with Gasteiger partial charge in [0, 0.05) is 10.9 Å². The number of hydrogen-bond donors (Lipinski definition) is 1. The van der Waals surface area contributed by atoms with E-state index in [-0.39, 0.29) is 0 Å². The number of thiophene rings is 1. The van der Waals surface area contributed by atoms with Crippen molar-refractivity contribution in [3.05, 3.63) is 54.3 Å². The van der Waals surface area contributed by atoms with E-state index in [2.05, 4.69) is 11.4 Å². The summed E-state index contributed by atoms with van der Waals surface area (Å²) in [7, 11) is 0. The number of hydrogen-bond acceptors (Lipinski definition) is 7. The number of nitro groups is 1. The van der Waals surface area contributed by atoms with Gasteiger partial charge in [-0.15, -0.1) is 11.3 Å². The lowest BCUT2D eigenvalue weighted by Crippen LogP contribution is -2.29. The normalized spacial score (nSPS) is 12.9. The summed E-state index contributed by atoms with van der Waals surface area (Å²) in [6.07, 6.45) is 5.71. The van der Waals surface area contributed by atoms with E-state index in [9.17, 15) is 25.0 Å². The predicted molar refractivity (Wildman–Crippen MR) is 101 cm³/mol. The lowest BCUT2D eigenvalue weighted by Gasteiger charge is -2.07. The summed E-state index contributed by atoms with van der Waals surface area (Å²) in [5.74, 6) is -0.598. The second kappa shape index (κ2) is 8.03. The van der Waals surface area contributed by atoms with Crippen LogP contribution in [0.25, 0.3) is 0 Å². The van der Waals surface area contributed by atoms with Crippen LogP contribution in [-0.2, 0) is 24.2 Å². The number of carbonyl (C=O) groups excluding carboxylic acids is 1. The lowest BCUT2D eigenvalue weighted by molar-refractivity contribution is -0.385. The molecule has 28 heavy (non-hydrogen) atoms. The Bertz CT molecular complexity index is 1100. The molecule has 1 amide bonds. The summed E-state index contributed by atoms with van der Waals surface area (Å²) in [4.78, 5) is 35.9. The maximum absolute atomic E-state index is 12.4. The zero-order valence-electron chi connectivity index (χ0n) is 14.7. The molecule has 2 aromatic rings. The number of nitrogens with zero attached hydrogens (tertiary/aromatic N) is 4. The molecule has 0 bridgehead atoms. The third-order valence-electron chi connectivity index (χ3n) is 4.50. The number of anilines is 1. The summed E-state index contributed by atoms with van der Waals surface area (Å²) in [6, 6.07) is 4.63. The number of aryl methyl sites for hydroxylation is 1. The van der Waals surface area contributed by atoms with Gasteiger partial charge in [-0.05, 0) is 31.2 Å². The third-order valence-corrected chi connectivity index (χ3v) is 5.71. The van der Waals surface area contributed by atoms with Crippen LogP contribution in [0.15, 0.2) is 17.1 Å². The first-order valence-electron chi connectivity index (χ1n) is 8.58. The van der Waals surface area contributed by atoms with Crippen molar-refractivity contribution >= 4 is 27.9 Å². The van der Waals surface area contributed by atoms with Gasteiger partial charge in [0.25, 0.3) is 11.2 Å². The van der Waals surface area contributed by atoms with Gasteiger partial charge in [-0.1, -0.05) is 6.42 Å². The zero-order chi connectivity index (χ0) is 20.3. The topological polar surface area (TPSA) is 142 Å². The van der Waals surface area contributed by atoms with Gasteiger partial charge in [0.2, 0.25) is 5.91 Å². The van der Waals surface area contributed by atoms with E-state index in [0.29, 0.717) is 10.6 Å². The maximum atomic E-state index is 12.4. The Morgan fingerprint density at radius 1 is 1.29 bits per heavy atom. The molecule has 0 aromatic carbocycles. The lowest BCUT2D eigenvalue weighted by atomic mass is 10.1. The summed E-state index contributed by atoms with van der Waals surface area (Å²) in [6.45, 7) is -0.497. The van der Waals surface area contributed by atoms with E-state index >= 15 is 0 Å². The Morgan fingerprint density at radius 3 is 2.71 bits per heavy atom. The molecular formula is C18H15N5O4S. The molecule has 0 unspecified atom stereocenters. The summed E-state index contributed by atoms with van der Waals surface area (Å²) < 4.78 is 0.830. The standard InChI is InChI=1S/C18H15N5O4S/c19-7-11-6-12(23(26)27)9-22(18(11)25)10-16(24)21-17-14(8-20)13-4-2-1-3-5-15(13)28-17/h6,9H,1-5,10H2,(H,21,24). The van der Waals surface area contributed by atoms with E-state index in [1.165, 1.54) is 11.3 Å². The minimum Gasteiger partial charge on any atom is -0.315 e. The summed E-state index contributed by atoms with van der Waals surface area (Å²) in [5, 5.41) is 32.5. The van der Waals surface area contributed by atoms with Crippen molar-refractivity contribution in [2.24, 2.45) is 0 Å². The molecule has 0 saturated heterocycles. The molecule has 3 rings (SSSR count). The van der Waals surface area contributed by atoms with Gasteiger partial charge in [0.1, 0.15) is 29.2 Å². The second-order valence-corrected chi connectivity index (χ2v) is 7.45. The summed E-state index contributed by atoms with van der Waals surface area (Å²) >= 11 is 1.36. The summed E-state index contributed by atoms with van der Waals surface area (Å²) in [5.41, 5.74) is -0.239. The minimum atomic E-state index is -0.786. The van der Waals surface area contributed by atoms with Gasteiger partial charge in [-0.25, -0.2) is 0 Å². The van der Waals surface area contributed by atoms with Crippen LogP contribution >= 0.6 is 11.3 Å². The molecule has 0 atom stereocenters. The van der Waals surface area contributed by atoms with Crippen LogP contribution in [0.5, 0.6) is 0 Å². The van der Waals surface area contributed by atoms with Gasteiger partial charge in [0.15, 0.2) is 0 Å². The van der Waals surface area contributed by atoms with E-state index in [4.69, 9.17) is 5.26 Å². The molecule has 2 heterocycles. The number of aromatic nitrogens is 1. The molecular weight excluding hydrogens is 382 g/mol. The molecule has 1 aliphatic carbocycles. The average Bonchev–Trinajstić information content (AvgIpc) is 2.82. The highest BCUT2D eigenvalue weighted by molar-refractivity contribution is 7.16. The fourth-order valence-corrected chi connectivity index (χ4v) is 4.44. The van der Waals surface area contributed by atoms with Crippen LogP contribution in [0, 0.1) is 32.8 Å². The van der Waals surface area contributed by atoms with Gasteiger partial charge in [-0.3, -0.25) is 24.3 Å². The molecule has 1 aliphatic rings. The molecule has 0 radical (unpaired) electrons. The Hall–Kier alpha value is -3.50. The molecule has 10 heteroatoms. The number of rotatable bonds is 4. The first kappa shape index (κ1) is 19.3. The van der Waals surface area contributed by atoms with Crippen LogP contribution in [0.3, 0.4) is 0 Å². The molecule has 142 valence electrons. The van der Waals surface area contributed by atoms with Gasteiger partial charge in [0.05, 0.1) is 16.7 Å². The fraction of sp³-hybridized carbons (Fsp3) is 0.333. The number of amides is 1. The fourth-order valence-electron chi connectivity index (χ4n) is 3.19. The number of pyridine rings is 1. The minimum absolute atomic E-state index is 0.414. The molecule has 1 N–H and O–H groups in total. The Labute approximate surface area is 163 Å². The molecule has 0 aliphatic heterocycles. The largest absolute Gasteiger partial charge is 0.315 e. The molecule has 9 nitrogen and oxygen atoms in total. The highest BCUT2D eigenvalue weighted by Crippen LogP contribution is 2.36. The highest BCUT2D eigenvalue weighted by atomic mass is 32.1. The van der Waals surface area contributed by atoms with Crippen molar-refractivity contribution in [2.75, 3.05) is 5.32 Å². The quantitative estimate of drug-likeness (QED) is 0.477. The highest BCUT2D eigenvalue weighted by Gasteiger charge is 2.22. The monoisotopic (exact) mass is 397 g/mol. The van der Waals surface area contributed by atoms with Crippen molar-refractivity contribution in [3.8, 4) is 12.1 Å². The molecule has 0 fully saturated rings. The van der Waals surface area contributed by atoms with E-state index in [1.54, 1.807) is 6.07 Å². The molecule has 0 spiro atoms. The van der Waals surface area contributed by atoms with Crippen LogP contribution < -0.4 is 10.9 Å². The van der Waals surface area contributed by atoms with Gasteiger partial charge >= 0.3 is 0 Å². The zero-order valence-corrected chi connectivity index (χ0v) is 15.5. The Kier molecular flexibility index (Phi) is 5.52. The molecule has 2 aromatic heterocycles. The average molecular weight is 397 g/mol. The van der Waals surface area contributed by atoms with Crippen molar-refractivity contribution < 1.29 is 9.72 Å². The van der Waals surface area contributed by atoms with Crippen molar-refractivity contribution in [1.82, 2.24) is 4.57 Å². The van der Waals surface area contributed by atoms with Gasteiger partial charge < -0.3 is 5.32 Å². The Balaban J connectivity index is 1.87. The third kappa shape index (κ3) is 3.77. The van der Waals surface area contributed by atoms with Crippen LogP contribution in [-0.4, -0.2) is 15.4 Å². The van der Waals surface area contributed by atoms with Crippen LogP contribution in [0.4, 0.5) is 10.7 Å². The number of fused-ring (bicyclic) bond motifs is 1. The van der Waals surface area contributed by atoms with Crippen LogP contribution in [0.1, 0.15) is 40.8 Å². The molecule has 0 saturated carbocycles. The number of carbonyl (C=O) groups is 1. The SMILES string of the molecule is N#Cc1c(NC(=O)Cn2cc([N+](=O)[O-])cc(C#N)c2=O)sc2c1CCCCC2. The van der Waals surface area contributed by atoms with Gasteiger partial charge in [-0.2, -0.15) is 10.5 Å². The van der Waals surface area contributed by atoms with Crippen molar-refractivity contribution in [1.29, 1.82) is 10.5 Å². The van der Waals surface area contributed by atoms with Crippen LogP contribution in [0.2, 0.25) is 0 Å². The second-order valence-electron chi connectivity index (χ2n) is 6.34. The predicted octanol–water partition coefficient (Wildman–Crippen LogP) is 2.47. The van der Waals surface area contributed by atoms with E-state index in [1.807, 2.05) is 0 Å². The smallest absolute Gasteiger partial charge is 0.287 e. The van der Waals surface area contributed by atoms with E-state index in [0.717, 1.165) is 59.4 Å². The van der Waals surface area contributed by atoms with Crippen molar-refractivity contribution in [2.45, 2.75) is 38.6 Å². The van der Waals surface area contributed by atoms with Crippen molar-refractivity contribution in [3.63, 3.8) is 0 Å². The Morgan fingerprint density at radius 2 is 2.04 bits per heavy atom. The van der Waals surface area contributed by atoms with E-state index < -0.39 is 34.2 Å². The first-order chi connectivity index (χ1) is 13.4. The first-order valence-corrected chi connectivity index (χ1v) is 9.39.